The first-order valence-electron chi connectivity index (χ1n) is 10.5. The maximum absolute atomic E-state index is 13.4. The molecule has 0 aliphatic carbocycles. The van der Waals surface area contributed by atoms with Gasteiger partial charge in [0.2, 0.25) is 5.91 Å². The topological polar surface area (TPSA) is 58.1 Å². The highest BCUT2D eigenvalue weighted by Crippen LogP contribution is 2.36. The second-order valence-corrected chi connectivity index (χ2v) is 9.62. The molecule has 33 heavy (non-hydrogen) atoms. The summed E-state index contributed by atoms with van der Waals surface area (Å²) in [5, 5.41) is 4.32. The predicted molar refractivity (Wildman–Crippen MR) is 123 cm³/mol. The van der Waals surface area contributed by atoms with Crippen LogP contribution in [0.1, 0.15) is 28.3 Å². The van der Waals surface area contributed by atoms with Gasteiger partial charge >= 0.3 is 6.18 Å². The summed E-state index contributed by atoms with van der Waals surface area (Å²) in [6.07, 6.45) is -1.92. The minimum absolute atomic E-state index is 0.120. The first kappa shape index (κ1) is 23.5. The van der Waals surface area contributed by atoms with Gasteiger partial charge in [-0.05, 0) is 44.0 Å². The number of piperidine rings is 1. The lowest BCUT2D eigenvalue weighted by atomic mass is 9.96. The minimum Gasteiger partial charge on any atom is -0.355 e. The molecule has 5 nitrogen and oxygen atoms in total. The number of halogens is 4. The summed E-state index contributed by atoms with van der Waals surface area (Å²) in [5.74, 6) is -0.727. The number of nitrogens with one attached hydrogen (secondary N) is 1. The average molecular weight is 495 g/mol. The van der Waals surface area contributed by atoms with Gasteiger partial charge in [0, 0.05) is 34.7 Å². The number of nitrogens with zero attached hydrogens (tertiary/aromatic N) is 3. The number of aryl methyl sites for hydroxylation is 1. The number of carbonyl (C=O) groups is 1. The van der Waals surface area contributed by atoms with Crippen molar-refractivity contribution in [2.75, 3.05) is 18.0 Å². The van der Waals surface area contributed by atoms with Crippen molar-refractivity contribution >= 4 is 34.7 Å². The van der Waals surface area contributed by atoms with Gasteiger partial charge in [-0.2, -0.15) is 13.2 Å². The highest BCUT2D eigenvalue weighted by atomic mass is 35.5. The molecule has 1 aliphatic heterocycles. The fourth-order valence-corrected chi connectivity index (χ4v) is 4.98. The second kappa shape index (κ2) is 9.69. The fourth-order valence-electron chi connectivity index (χ4n) is 3.96. The Morgan fingerprint density at radius 2 is 2.03 bits per heavy atom. The molecule has 1 unspecified atom stereocenters. The van der Waals surface area contributed by atoms with Crippen LogP contribution >= 0.6 is 22.9 Å². The van der Waals surface area contributed by atoms with Gasteiger partial charge in [-0.15, -0.1) is 11.3 Å². The number of aromatic nitrogens is 2. The molecule has 1 amide bonds. The van der Waals surface area contributed by atoms with Gasteiger partial charge in [-0.25, -0.2) is 9.97 Å². The average Bonchev–Trinajstić information content (AvgIpc) is 3.18. The van der Waals surface area contributed by atoms with Crippen molar-refractivity contribution < 1.29 is 18.0 Å². The number of anilines is 1. The number of thiazole rings is 1. The van der Waals surface area contributed by atoms with Crippen molar-refractivity contribution in [2.24, 2.45) is 5.92 Å². The summed E-state index contributed by atoms with van der Waals surface area (Å²) in [7, 11) is 0. The van der Waals surface area contributed by atoms with E-state index in [9.17, 15) is 18.0 Å². The lowest BCUT2D eigenvalue weighted by Gasteiger charge is -2.34. The maximum Gasteiger partial charge on any atom is 0.419 e. The van der Waals surface area contributed by atoms with Gasteiger partial charge in [-0.1, -0.05) is 23.7 Å². The molecule has 0 spiro atoms. The van der Waals surface area contributed by atoms with Crippen LogP contribution in [-0.4, -0.2) is 29.0 Å². The Labute approximate surface area is 198 Å². The van der Waals surface area contributed by atoms with Crippen LogP contribution in [0.5, 0.6) is 0 Å². The normalized spacial score (nSPS) is 16.6. The molecular weight excluding hydrogens is 473 g/mol. The molecule has 1 fully saturated rings. The van der Waals surface area contributed by atoms with Gasteiger partial charge < -0.3 is 10.2 Å². The van der Waals surface area contributed by atoms with Crippen LogP contribution in [0.2, 0.25) is 5.02 Å². The van der Waals surface area contributed by atoms with Crippen LogP contribution in [-0.2, 0) is 17.5 Å². The molecule has 3 aromatic rings. The minimum atomic E-state index is -4.50. The molecule has 4 rings (SSSR count). The number of carbonyl (C=O) groups excluding carboxylic acids is 1. The highest BCUT2D eigenvalue weighted by molar-refractivity contribution is 7.12. The third-order valence-electron chi connectivity index (χ3n) is 5.56. The van der Waals surface area contributed by atoms with Crippen LogP contribution in [0.3, 0.4) is 0 Å². The molecule has 1 aromatic carbocycles. The van der Waals surface area contributed by atoms with Crippen molar-refractivity contribution in [3.63, 3.8) is 0 Å². The van der Waals surface area contributed by atoms with E-state index in [1.54, 1.807) is 17.0 Å². The number of alkyl halides is 3. The van der Waals surface area contributed by atoms with E-state index < -0.39 is 17.7 Å². The zero-order valence-corrected chi connectivity index (χ0v) is 19.4. The van der Waals surface area contributed by atoms with Gasteiger partial charge in [-0.3, -0.25) is 4.79 Å². The summed E-state index contributed by atoms with van der Waals surface area (Å²) in [6, 6.07) is 9.70. The Kier molecular flexibility index (Phi) is 6.90. The number of hydrogen-bond donors (Lipinski definition) is 1. The standard InChI is InChI=1S/C23H22ClF3N4OS/c1-14-20(15-6-8-17(24)9-7-15)30-19(33-14)12-29-22(32)16-4-3-11-31(13-16)21-18(23(25,26)27)5-2-10-28-21/h2,5-10,16H,3-4,11-13H2,1H3,(H,29,32). The van der Waals surface area contributed by atoms with Gasteiger partial charge in [0.1, 0.15) is 10.8 Å². The molecule has 174 valence electrons. The zero-order chi connectivity index (χ0) is 23.6. The van der Waals surface area contributed by atoms with Gasteiger partial charge in [0.15, 0.2) is 0 Å². The maximum atomic E-state index is 13.4. The van der Waals surface area contributed by atoms with E-state index in [0.29, 0.717) is 24.4 Å². The smallest absolute Gasteiger partial charge is 0.355 e. The Morgan fingerprint density at radius 3 is 2.76 bits per heavy atom. The lowest BCUT2D eigenvalue weighted by molar-refractivity contribution is -0.137. The first-order chi connectivity index (χ1) is 15.7. The van der Waals surface area contributed by atoms with Crippen LogP contribution in [0.25, 0.3) is 11.3 Å². The van der Waals surface area contributed by atoms with E-state index in [-0.39, 0.29) is 24.8 Å². The number of pyridine rings is 1. The number of hydrogen-bond acceptors (Lipinski definition) is 5. The first-order valence-corrected chi connectivity index (χ1v) is 11.7. The molecule has 1 saturated heterocycles. The second-order valence-electron chi connectivity index (χ2n) is 7.89. The highest BCUT2D eigenvalue weighted by Gasteiger charge is 2.37. The molecular formula is C23H22ClF3N4OS. The van der Waals surface area contributed by atoms with Crippen molar-refractivity contribution in [1.82, 2.24) is 15.3 Å². The zero-order valence-electron chi connectivity index (χ0n) is 17.8. The van der Waals surface area contributed by atoms with Crippen LogP contribution in [0.15, 0.2) is 42.6 Å². The molecule has 1 atom stereocenters. The van der Waals surface area contributed by atoms with Crippen molar-refractivity contribution in [3.8, 4) is 11.3 Å². The van der Waals surface area contributed by atoms with E-state index >= 15 is 0 Å². The van der Waals surface area contributed by atoms with Crippen molar-refractivity contribution in [2.45, 2.75) is 32.5 Å². The summed E-state index contributed by atoms with van der Waals surface area (Å²) >= 11 is 7.45. The number of rotatable bonds is 5. The summed E-state index contributed by atoms with van der Waals surface area (Å²) in [4.78, 5) is 24.0. The largest absolute Gasteiger partial charge is 0.419 e. The monoisotopic (exact) mass is 494 g/mol. The van der Waals surface area contributed by atoms with E-state index in [4.69, 9.17) is 11.6 Å². The summed E-state index contributed by atoms with van der Waals surface area (Å²) < 4.78 is 40.2. The molecule has 1 N–H and O–H groups in total. The Balaban J connectivity index is 1.41. The van der Waals surface area contributed by atoms with Gasteiger partial charge in [0.05, 0.1) is 23.7 Å². The Morgan fingerprint density at radius 1 is 1.27 bits per heavy atom. The molecule has 10 heteroatoms. The van der Waals surface area contributed by atoms with Crippen LogP contribution in [0, 0.1) is 12.8 Å². The van der Waals surface area contributed by atoms with E-state index in [1.807, 2.05) is 19.1 Å². The third-order valence-corrected chi connectivity index (χ3v) is 6.78. The number of benzene rings is 1. The predicted octanol–water partition coefficient (Wildman–Crippen LogP) is 5.72. The SMILES string of the molecule is Cc1sc(CNC(=O)C2CCCN(c3ncccc3C(F)(F)F)C2)nc1-c1ccc(Cl)cc1. The van der Waals surface area contributed by atoms with Crippen LogP contribution < -0.4 is 10.2 Å². The molecule has 2 aromatic heterocycles. The molecule has 0 bridgehead atoms. The van der Waals surface area contributed by atoms with Crippen molar-refractivity contribution in [1.29, 1.82) is 0 Å². The van der Waals surface area contributed by atoms with E-state index in [2.05, 4.69) is 15.3 Å². The Hall–Kier alpha value is -2.65. The Bertz CT molecular complexity index is 1130. The van der Waals surface area contributed by atoms with E-state index in [0.717, 1.165) is 27.2 Å². The summed E-state index contributed by atoms with van der Waals surface area (Å²) in [5.41, 5.74) is 1.02. The quantitative estimate of drug-likeness (QED) is 0.493. The van der Waals surface area contributed by atoms with Crippen molar-refractivity contribution in [3.05, 3.63) is 63.1 Å². The molecule has 0 radical (unpaired) electrons. The van der Waals surface area contributed by atoms with E-state index in [1.165, 1.54) is 23.6 Å². The molecule has 1 aliphatic rings. The lowest BCUT2D eigenvalue weighted by Crippen LogP contribution is -2.43. The van der Waals surface area contributed by atoms with Gasteiger partial charge in [0.25, 0.3) is 0 Å². The molecule has 3 heterocycles. The van der Waals surface area contributed by atoms with Crippen LogP contribution in [0.4, 0.5) is 19.0 Å². The molecule has 0 saturated carbocycles. The summed E-state index contributed by atoms with van der Waals surface area (Å²) in [6.45, 7) is 2.86. The fraction of sp³-hybridized carbons (Fsp3) is 0.348. The number of amides is 1. The third kappa shape index (κ3) is 5.47.